The molecular formula is C37H41N7O8S. The lowest BCUT2D eigenvalue weighted by molar-refractivity contribution is -0.122. The molecule has 1 aliphatic rings. The van der Waals surface area contributed by atoms with Crippen LogP contribution in [0.5, 0.6) is 23.0 Å². The van der Waals surface area contributed by atoms with E-state index < -0.39 is 0 Å². The third-order valence-corrected chi connectivity index (χ3v) is 9.20. The van der Waals surface area contributed by atoms with E-state index >= 15 is 0 Å². The summed E-state index contributed by atoms with van der Waals surface area (Å²) in [6, 6.07) is 12.9. The number of imidazole rings is 1. The van der Waals surface area contributed by atoms with Gasteiger partial charge in [-0.15, -0.1) is 11.3 Å². The van der Waals surface area contributed by atoms with Crippen LogP contribution < -0.4 is 18.9 Å². The minimum Gasteiger partial charge on any atom is -0.493 e. The number of aryl methyl sites for hydroxylation is 1. The number of carbonyl (C=O) groups excluding carboxylic acids is 2. The minimum absolute atomic E-state index is 0.156. The van der Waals surface area contributed by atoms with Gasteiger partial charge >= 0.3 is 0 Å². The number of rotatable bonds is 6. The van der Waals surface area contributed by atoms with Gasteiger partial charge in [0.2, 0.25) is 5.75 Å². The van der Waals surface area contributed by atoms with Crippen LogP contribution in [-0.2, 0) is 11.3 Å². The van der Waals surface area contributed by atoms with Crippen molar-refractivity contribution in [2.24, 2.45) is 0 Å². The van der Waals surface area contributed by atoms with Crippen molar-refractivity contribution in [3.05, 3.63) is 83.9 Å². The molecule has 16 heteroatoms. The SMILES string of the molecule is COc1ccc(C(=O)N2CCCCN(C(=O)c3csc(-c4ncccn4)n3)CCCn3ccnc3-c3cccc(c3)OCC2)c(OC)c1OC.O=CO. The van der Waals surface area contributed by atoms with E-state index in [0.29, 0.717) is 97.1 Å². The molecule has 2 aromatic carbocycles. The molecule has 2 amide bonds. The Bertz CT molecular complexity index is 1970. The fraction of sp³-hybridized carbons (Fsp3) is 0.324. The van der Waals surface area contributed by atoms with Crippen LogP contribution in [0.4, 0.5) is 0 Å². The second-order valence-corrected chi connectivity index (χ2v) is 12.4. The highest BCUT2D eigenvalue weighted by Crippen LogP contribution is 2.40. The normalized spacial score (nSPS) is 13.6. The van der Waals surface area contributed by atoms with E-state index in [1.165, 1.54) is 32.7 Å². The lowest BCUT2D eigenvalue weighted by atomic mass is 10.1. The molecule has 0 atom stereocenters. The first-order valence-corrected chi connectivity index (χ1v) is 17.7. The predicted octanol–water partition coefficient (Wildman–Crippen LogP) is 5.04. The molecule has 1 aliphatic heterocycles. The average Bonchev–Trinajstić information content (AvgIpc) is 3.88. The number of carbonyl (C=O) groups is 3. The van der Waals surface area contributed by atoms with Crippen LogP contribution in [0.3, 0.4) is 0 Å². The number of carboxylic acid groups (broad SMARTS) is 1. The van der Waals surface area contributed by atoms with Crippen molar-refractivity contribution in [3.63, 3.8) is 0 Å². The standard InChI is InChI=1S/C36H39N7O6S.CH2O2/c1-46-29-12-11-27(30(47-2)31(29)48-3)35(44)43-17-5-4-16-42(36(45)28-24-50-34(40-28)32-37-13-7-14-38-32)19-8-18-41-20-15-39-33(41)25-9-6-10-26(23-25)49-22-21-43;2-1-3/h6-7,9-15,20,23-24H,4-5,8,16-19,21-22H2,1-3H3;1H,(H,2,3). The van der Waals surface area contributed by atoms with Crippen LogP contribution in [0.25, 0.3) is 22.2 Å². The Morgan fingerprint density at radius 1 is 0.830 bits per heavy atom. The van der Waals surface area contributed by atoms with E-state index in [1.807, 2.05) is 35.4 Å². The number of benzene rings is 2. The van der Waals surface area contributed by atoms with Crippen molar-refractivity contribution >= 4 is 29.6 Å². The zero-order valence-electron chi connectivity index (χ0n) is 29.7. The zero-order chi connectivity index (χ0) is 37.6. The molecule has 0 fully saturated rings. The van der Waals surface area contributed by atoms with Crippen LogP contribution in [0.15, 0.2) is 72.6 Å². The van der Waals surface area contributed by atoms with Crippen LogP contribution in [0, 0.1) is 0 Å². The van der Waals surface area contributed by atoms with Crippen LogP contribution in [0.1, 0.15) is 40.1 Å². The summed E-state index contributed by atoms with van der Waals surface area (Å²) in [4.78, 5) is 57.7. The highest BCUT2D eigenvalue weighted by Gasteiger charge is 2.26. The van der Waals surface area contributed by atoms with Gasteiger partial charge < -0.3 is 38.4 Å². The molecule has 278 valence electrons. The summed E-state index contributed by atoms with van der Waals surface area (Å²) in [5, 5.41) is 9.24. The molecule has 3 aromatic heterocycles. The molecule has 0 radical (unpaired) electrons. The van der Waals surface area contributed by atoms with E-state index in [9.17, 15) is 9.59 Å². The first-order valence-electron chi connectivity index (χ1n) is 16.8. The van der Waals surface area contributed by atoms with E-state index in [-0.39, 0.29) is 24.9 Å². The van der Waals surface area contributed by atoms with Gasteiger partial charge in [-0.25, -0.2) is 19.9 Å². The molecule has 0 aliphatic carbocycles. The summed E-state index contributed by atoms with van der Waals surface area (Å²) in [6.45, 7) is 2.44. The molecule has 2 bridgehead atoms. The summed E-state index contributed by atoms with van der Waals surface area (Å²) < 4.78 is 24.9. The predicted molar refractivity (Wildman–Crippen MR) is 197 cm³/mol. The van der Waals surface area contributed by atoms with Crippen molar-refractivity contribution in [2.45, 2.75) is 25.8 Å². The number of aromatic nitrogens is 5. The number of amides is 2. The molecule has 6 rings (SSSR count). The Kier molecular flexibility index (Phi) is 13.7. The number of hydrogen-bond donors (Lipinski definition) is 1. The van der Waals surface area contributed by atoms with Crippen LogP contribution in [-0.4, -0.2) is 112 Å². The van der Waals surface area contributed by atoms with Crippen molar-refractivity contribution in [3.8, 4) is 45.2 Å². The first-order chi connectivity index (χ1) is 25.9. The van der Waals surface area contributed by atoms with Crippen molar-refractivity contribution in [2.75, 3.05) is 54.1 Å². The third-order valence-electron chi connectivity index (χ3n) is 8.36. The molecule has 5 aromatic rings. The summed E-state index contributed by atoms with van der Waals surface area (Å²) >= 11 is 1.34. The van der Waals surface area contributed by atoms with E-state index in [2.05, 4.69) is 24.5 Å². The van der Waals surface area contributed by atoms with Gasteiger partial charge in [-0.1, -0.05) is 12.1 Å². The Balaban J connectivity index is 0.00000175. The lowest BCUT2D eigenvalue weighted by Gasteiger charge is -2.26. The number of hydrogen-bond acceptors (Lipinski definition) is 12. The van der Waals surface area contributed by atoms with Gasteiger partial charge in [-0.2, -0.15) is 0 Å². The second kappa shape index (κ2) is 19.0. The van der Waals surface area contributed by atoms with Crippen LogP contribution in [0.2, 0.25) is 0 Å². The van der Waals surface area contributed by atoms with E-state index in [1.54, 1.807) is 47.1 Å². The van der Waals surface area contributed by atoms with E-state index in [0.717, 1.165) is 11.4 Å². The van der Waals surface area contributed by atoms with Gasteiger partial charge in [-0.05, 0) is 49.6 Å². The molecule has 0 saturated heterocycles. The molecule has 0 saturated carbocycles. The summed E-state index contributed by atoms with van der Waals surface area (Å²) in [6.07, 6.45) is 9.04. The van der Waals surface area contributed by atoms with Gasteiger partial charge in [0.15, 0.2) is 22.3 Å². The van der Waals surface area contributed by atoms with Crippen molar-refractivity contribution < 1.29 is 38.4 Å². The number of thiazole rings is 1. The monoisotopic (exact) mass is 743 g/mol. The maximum Gasteiger partial charge on any atom is 0.290 e. The van der Waals surface area contributed by atoms with E-state index in [4.69, 9.17) is 28.8 Å². The maximum atomic E-state index is 14.1. The lowest BCUT2D eigenvalue weighted by Crippen LogP contribution is -2.37. The highest BCUT2D eigenvalue weighted by molar-refractivity contribution is 7.13. The van der Waals surface area contributed by atoms with Gasteiger partial charge in [0, 0.05) is 61.9 Å². The van der Waals surface area contributed by atoms with Gasteiger partial charge in [0.25, 0.3) is 18.3 Å². The molecule has 0 spiro atoms. The zero-order valence-corrected chi connectivity index (χ0v) is 30.5. The molecule has 1 N–H and O–H groups in total. The molecular weight excluding hydrogens is 703 g/mol. The summed E-state index contributed by atoms with van der Waals surface area (Å²) in [5.41, 5.74) is 1.62. The Hall–Kier alpha value is -6.03. The Labute approximate surface area is 310 Å². The fourth-order valence-corrected chi connectivity index (χ4v) is 6.64. The molecule has 53 heavy (non-hydrogen) atoms. The number of fused-ring (bicyclic) bond motifs is 4. The molecule has 4 heterocycles. The summed E-state index contributed by atoms with van der Waals surface area (Å²) in [5.74, 6) is 2.68. The minimum atomic E-state index is -0.250. The summed E-state index contributed by atoms with van der Waals surface area (Å²) in [7, 11) is 4.54. The average molecular weight is 744 g/mol. The number of methoxy groups -OCH3 is 3. The van der Waals surface area contributed by atoms with Gasteiger partial charge in [0.1, 0.15) is 23.9 Å². The maximum absolute atomic E-state index is 14.1. The second-order valence-electron chi connectivity index (χ2n) is 11.6. The Morgan fingerprint density at radius 3 is 2.26 bits per heavy atom. The van der Waals surface area contributed by atoms with Gasteiger partial charge in [0.05, 0.1) is 33.4 Å². The smallest absolute Gasteiger partial charge is 0.290 e. The third kappa shape index (κ3) is 9.45. The highest BCUT2D eigenvalue weighted by atomic mass is 32.1. The van der Waals surface area contributed by atoms with Gasteiger partial charge in [-0.3, -0.25) is 14.4 Å². The quantitative estimate of drug-likeness (QED) is 0.230. The largest absolute Gasteiger partial charge is 0.493 e. The van der Waals surface area contributed by atoms with Crippen LogP contribution >= 0.6 is 11.3 Å². The first kappa shape index (κ1) is 38.2. The fourth-order valence-electron chi connectivity index (χ4n) is 5.90. The van der Waals surface area contributed by atoms with Crippen molar-refractivity contribution in [1.82, 2.24) is 34.3 Å². The van der Waals surface area contributed by atoms with Crippen molar-refractivity contribution in [1.29, 1.82) is 0 Å². The number of ether oxygens (including phenoxy) is 4. The number of nitrogens with zero attached hydrogens (tertiary/aromatic N) is 7. The topological polar surface area (TPSA) is 171 Å². The molecule has 15 nitrogen and oxygen atoms in total. The Morgan fingerprint density at radius 2 is 1.55 bits per heavy atom. The molecule has 0 unspecified atom stereocenters.